The number of rotatable bonds is 1. The van der Waals surface area contributed by atoms with Crippen molar-refractivity contribution in [1.82, 2.24) is 5.32 Å². The summed E-state index contributed by atoms with van der Waals surface area (Å²) < 4.78 is 9.87. The molecule has 1 amide bonds. The highest BCUT2D eigenvalue weighted by molar-refractivity contribution is 5.89. The highest BCUT2D eigenvalue weighted by Crippen LogP contribution is 2.07. The summed E-state index contributed by atoms with van der Waals surface area (Å²) in [6, 6.07) is -0.551. The van der Waals surface area contributed by atoms with E-state index in [1.807, 2.05) is 0 Å². The van der Waals surface area contributed by atoms with Crippen LogP contribution in [0.4, 0.5) is 4.79 Å². The minimum atomic E-state index is -0.582. The Morgan fingerprint density at radius 3 is 2.64 bits per heavy atom. The lowest BCUT2D eigenvalue weighted by Gasteiger charge is -2.20. The van der Waals surface area contributed by atoms with Gasteiger partial charge in [-0.2, -0.15) is 0 Å². The van der Waals surface area contributed by atoms with Crippen LogP contribution in [0.5, 0.6) is 0 Å². The molecule has 0 spiro atoms. The second-order valence-corrected chi connectivity index (χ2v) is 4.18. The Morgan fingerprint density at radius 2 is 2.21 bits per heavy atom. The maximum absolute atomic E-state index is 11.2. The van der Waals surface area contributed by atoms with Gasteiger partial charge in [-0.1, -0.05) is 0 Å². The molecule has 5 nitrogen and oxygen atoms in total. The highest BCUT2D eigenvalue weighted by Gasteiger charge is 2.28. The number of alkyl carbamates (subject to hydrolysis) is 1. The van der Waals surface area contributed by atoms with E-state index in [2.05, 4.69) is 5.32 Å². The Morgan fingerprint density at radius 1 is 1.57 bits per heavy atom. The first-order valence-electron chi connectivity index (χ1n) is 4.48. The van der Waals surface area contributed by atoms with Gasteiger partial charge in [0, 0.05) is 0 Å². The molecule has 0 unspecified atom stereocenters. The van der Waals surface area contributed by atoms with Crippen LogP contribution in [0, 0.1) is 0 Å². The van der Waals surface area contributed by atoms with Crippen LogP contribution < -0.4 is 5.32 Å². The zero-order chi connectivity index (χ0) is 10.8. The Kier molecular flexibility index (Phi) is 3.10. The number of ketones is 1. The smallest absolute Gasteiger partial charge is 0.408 e. The third-order valence-corrected chi connectivity index (χ3v) is 1.61. The molecular formula is C9H15NO4. The van der Waals surface area contributed by atoms with Crippen molar-refractivity contribution < 1.29 is 19.1 Å². The molecule has 0 saturated carbocycles. The minimum Gasteiger partial charge on any atom is -0.444 e. The molecular weight excluding hydrogens is 186 g/mol. The van der Waals surface area contributed by atoms with Gasteiger partial charge in [0.25, 0.3) is 0 Å². The average molecular weight is 201 g/mol. The summed E-state index contributed by atoms with van der Waals surface area (Å²) in [6.45, 7) is 5.59. The molecule has 1 aliphatic heterocycles. The fourth-order valence-corrected chi connectivity index (χ4v) is 1.04. The molecule has 80 valence electrons. The molecule has 1 saturated heterocycles. The van der Waals surface area contributed by atoms with Gasteiger partial charge >= 0.3 is 6.09 Å². The topological polar surface area (TPSA) is 64.6 Å². The summed E-state index contributed by atoms with van der Waals surface area (Å²) >= 11 is 0. The van der Waals surface area contributed by atoms with E-state index in [1.54, 1.807) is 20.8 Å². The van der Waals surface area contributed by atoms with Crippen LogP contribution in [0.15, 0.2) is 0 Å². The lowest BCUT2D eigenvalue weighted by molar-refractivity contribution is -0.119. The van der Waals surface area contributed by atoms with Crippen LogP contribution in [0.3, 0.4) is 0 Å². The molecule has 14 heavy (non-hydrogen) atoms. The van der Waals surface area contributed by atoms with Crippen molar-refractivity contribution in [2.75, 3.05) is 13.2 Å². The van der Waals surface area contributed by atoms with Gasteiger partial charge in [-0.3, -0.25) is 4.79 Å². The van der Waals surface area contributed by atoms with Gasteiger partial charge < -0.3 is 14.8 Å². The number of carbonyl (C=O) groups is 2. The van der Waals surface area contributed by atoms with Crippen LogP contribution in [-0.4, -0.2) is 36.7 Å². The standard InChI is InChI=1S/C9H15NO4/c1-9(2,3)14-8(12)10-6-4-13-5-7(6)11/h6H,4-5H2,1-3H3,(H,10,12)/t6-/m0/s1. The lowest BCUT2D eigenvalue weighted by Crippen LogP contribution is -2.42. The molecule has 1 N–H and O–H groups in total. The summed E-state index contributed by atoms with van der Waals surface area (Å²) in [5, 5.41) is 2.45. The number of ether oxygens (including phenoxy) is 2. The van der Waals surface area contributed by atoms with Crippen molar-refractivity contribution in [1.29, 1.82) is 0 Å². The number of nitrogens with one attached hydrogen (secondary N) is 1. The predicted octanol–water partition coefficient (Wildman–Crippen LogP) is 0.479. The number of Topliss-reactive ketones (excluding diaryl/α,β-unsaturated/α-hetero) is 1. The third kappa shape index (κ3) is 3.33. The monoisotopic (exact) mass is 201 g/mol. The van der Waals surface area contributed by atoms with Crippen LogP contribution in [0.25, 0.3) is 0 Å². The Balaban J connectivity index is 2.37. The number of hydrogen-bond acceptors (Lipinski definition) is 4. The third-order valence-electron chi connectivity index (χ3n) is 1.61. The normalized spacial score (nSPS) is 22.2. The van der Waals surface area contributed by atoms with E-state index >= 15 is 0 Å². The molecule has 1 rings (SSSR count). The van der Waals surface area contributed by atoms with Gasteiger partial charge in [0.1, 0.15) is 18.2 Å². The predicted molar refractivity (Wildman–Crippen MR) is 49.0 cm³/mol. The van der Waals surface area contributed by atoms with Crippen molar-refractivity contribution in [2.24, 2.45) is 0 Å². The van der Waals surface area contributed by atoms with E-state index < -0.39 is 17.7 Å². The van der Waals surface area contributed by atoms with Crippen molar-refractivity contribution >= 4 is 11.9 Å². The molecule has 1 atom stereocenters. The zero-order valence-corrected chi connectivity index (χ0v) is 8.62. The van der Waals surface area contributed by atoms with Gasteiger partial charge in [-0.15, -0.1) is 0 Å². The molecule has 5 heteroatoms. The summed E-state index contributed by atoms with van der Waals surface area (Å²) in [6.07, 6.45) is -0.582. The maximum atomic E-state index is 11.2. The van der Waals surface area contributed by atoms with Gasteiger partial charge in [0.15, 0.2) is 5.78 Å². The summed E-state index contributed by atoms with van der Waals surface area (Å²) in [7, 11) is 0. The lowest BCUT2D eigenvalue weighted by atomic mass is 10.2. The molecule has 1 aliphatic rings. The summed E-state index contributed by atoms with van der Waals surface area (Å²) in [5.74, 6) is -0.115. The van der Waals surface area contributed by atoms with E-state index in [-0.39, 0.29) is 19.0 Å². The summed E-state index contributed by atoms with van der Waals surface area (Å²) in [5.41, 5.74) is -0.549. The first kappa shape index (κ1) is 11.0. The van der Waals surface area contributed by atoms with E-state index in [1.165, 1.54) is 0 Å². The fourth-order valence-electron chi connectivity index (χ4n) is 1.04. The average Bonchev–Trinajstić information content (AvgIpc) is 2.32. The highest BCUT2D eigenvalue weighted by atomic mass is 16.6. The SMILES string of the molecule is CC(C)(C)OC(=O)N[C@H]1COCC1=O. The van der Waals surface area contributed by atoms with Crippen LogP contribution in [-0.2, 0) is 14.3 Å². The van der Waals surface area contributed by atoms with E-state index in [9.17, 15) is 9.59 Å². The van der Waals surface area contributed by atoms with Crippen molar-refractivity contribution in [3.05, 3.63) is 0 Å². The molecule has 0 aromatic heterocycles. The Hall–Kier alpha value is -1.10. The van der Waals surface area contributed by atoms with Crippen LogP contribution >= 0.6 is 0 Å². The first-order chi connectivity index (χ1) is 6.38. The number of carbonyl (C=O) groups excluding carboxylic acids is 2. The van der Waals surface area contributed by atoms with Crippen molar-refractivity contribution in [3.63, 3.8) is 0 Å². The van der Waals surface area contributed by atoms with Crippen molar-refractivity contribution in [3.8, 4) is 0 Å². The van der Waals surface area contributed by atoms with E-state index in [0.29, 0.717) is 0 Å². The first-order valence-corrected chi connectivity index (χ1v) is 4.48. The number of amides is 1. The second-order valence-electron chi connectivity index (χ2n) is 4.18. The molecule has 1 heterocycles. The number of hydrogen-bond donors (Lipinski definition) is 1. The summed E-state index contributed by atoms with van der Waals surface area (Å²) in [4.78, 5) is 22.3. The van der Waals surface area contributed by atoms with Gasteiger partial charge in [-0.25, -0.2) is 4.79 Å². The van der Waals surface area contributed by atoms with Crippen molar-refractivity contribution in [2.45, 2.75) is 32.4 Å². The fraction of sp³-hybridized carbons (Fsp3) is 0.778. The Labute approximate surface area is 82.8 Å². The zero-order valence-electron chi connectivity index (χ0n) is 8.62. The molecule has 0 aliphatic carbocycles. The second kappa shape index (κ2) is 3.96. The maximum Gasteiger partial charge on any atom is 0.408 e. The largest absolute Gasteiger partial charge is 0.444 e. The van der Waals surface area contributed by atoms with E-state index in [0.717, 1.165) is 0 Å². The molecule has 1 fully saturated rings. The molecule has 0 radical (unpaired) electrons. The Bertz CT molecular complexity index is 244. The van der Waals surface area contributed by atoms with Gasteiger partial charge in [0.2, 0.25) is 0 Å². The van der Waals surface area contributed by atoms with Gasteiger partial charge in [-0.05, 0) is 20.8 Å². The molecule has 0 aromatic rings. The van der Waals surface area contributed by atoms with E-state index in [4.69, 9.17) is 9.47 Å². The van der Waals surface area contributed by atoms with Gasteiger partial charge in [0.05, 0.1) is 6.61 Å². The molecule has 0 aromatic carbocycles. The quantitative estimate of drug-likeness (QED) is 0.670. The molecule has 0 bridgehead atoms. The van der Waals surface area contributed by atoms with Crippen LogP contribution in [0.2, 0.25) is 0 Å². The minimum absolute atomic E-state index is 0.0699. The van der Waals surface area contributed by atoms with Crippen LogP contribution in [0.1, 0.15) is 20.8 Å².